The highest BCUT2D eigenvalue weighted by molar-refractivity contribution is 5.95. The lowest BCUT2D eigenvalue weighted by atomic mass is 9.77. The van der Waals surface area contributed by atoms with E-state index in [1.54, 1.807) is 30.3 Å². The van der Waals surface area contributed by atoms with Gasteiger partial charge in [0.1, 0.15) is 17.4 Å². The van der Waals surface area contributed by atoms with Gasteiger partial charge in [0.2, 0.25) is 0 Å². The molecule has 41 heavy (non-hydrogen) atoms. The van der Waals surface area contributed by atoms with Gasteiger partial charge in [0.15, 0.2) is 11.6 Å². The minimum Gasteiger partial charge on any atom is -0.494 e. The van der Waals surface area contributed by atoms with E-state index in [0.717, 1.165) is 30.3 Å². The summed E-state index contributed by atoms with van der Waals surface area (Å²) in [4.78, 5) is 13.5. The molecule has 1 atom stereocenters. The van der Waals surface area contributed by atoms with Crippen molar-refractivity contribution in [3.05, 3.63) is 131 Å². The van der Waals surface area contributed by atoms with Crippen molar-refractivity contribution >= 4 is 5.91 Å². The predicted molar refractivity (Wildman–Crippen MR) is 136 cm³/mol. The highest BCUT2D eigenvalue weighted by Crippen LogP contribution is 2.39. The fraction of sp³-hybridized carbons (Fsp3) is 0.167. The fourth-order valence-corrected chi connectivity index (χ4v) is 4.32. The van der Waals surface area contributed by atoms with Crippen molar-refractivity contribution in [1.29, 1.82) is 0 Å². The van der Waals surface area contributed by atoms with Gasteiger partial charge in [0.05, 0.1) is 12.6 Å². The summed E-state index contributed by atoms with van der Waals surface area (Å²) in [6, 6.07) is 18.6. The third kappa shape index (κ3) is 6.62. The topological polar surface area (TPSA) is 47.6 Å². The molecular weight excluding hydrogens is 555 g/mol. The zero-order chi connectivity index (χ0) is 29.8. The van der Waals surface area contributed by atoms with Crippen molar-refractivity contribution in [2.45, 2.75) is 24.5 Å². The highest BCUT2D eigenvalue weighted by Gasteiger charge is 2.45. The van der Waals surface area contributed by atoms with Gasteiger partial charge in [-0.1, -0.05) is 36.4 Å². The van der Waals surface area contributed by atoms with E-state index in [0.29, 0.717) is 11.6 Å². The number of hydrogen-bond donors (Lipinski definition) is 1. The van der Waals surface area contributed by atoms with Gasteiger partial charge >= 0.3 is 12.5 Å². The minimum atomic E-state index is -4.95. The summed E-state index contributed by atoms with van der Waals surface area (Å²) >= 11 is 0. The van der Waals surface area contributed by atoms with Crippen LogP contribution in [-0.2, 0) is 12.0 Å². The summed E-state index contributed by atoms with van der Waals surface area (Å²) in [5, 5.41) is 2.76. The van der Waals surface area contributed by atoms with Crippen LogP contribution in [-0.4, -0.2) is 25.6 Å². The Labute approximate surface area is 230 Å². The Morgan fingerprint density at radius 3 is 2.15 bits per heavy atom. The van der Waals surface area contributed by atoms with Gasteiger partial charge in [0, 0.05) is 18.1 Å². The van der Waals surface area contributed by atoms with Gasteiger partial charge < -0.3 is 14.8 Å². The first-order valence-electron chi connectivity index (χ1n) is 12.1. The Morgan fingerprint density at radius 2 is 1.51 bits per heavy atom. The van der Waals surface area contributed by atoms with Gasteiger partial charge in [-0.25, -0.2) is 13.2 Å². The summed E-state index contributed by atoms with van der Waals surface area (Å²) in [6.45, 7) is 0. The zero-order valence-electron chi connectivity index (χ0n) is 21.3. The van der Waals surface area contributed by atoms with E-state index in [4.69, 9.17) is 4.74 Å². The number of rotatable bonds is 10. The average Bonchev–Trinajstić information content (AvgIpc) is 2.93. The van der Waals surface area contributed by atoms with Gasteiger partial charge in [-0.05, 0) is 65.2 Å². The van der Waals surface area contributed by atoms with Crippen LogP contribution in [0.2, 0.25) is 0 Å². The molecule has 4 nitrogen and oxygen atoms in total. The maximum Gasteiger partial charge on any atom is 0.461 e. The monoisotopic (exact) mass is 577 g/mol. The van der Waals surface area contributed by atoms with Crippen LogP contribution in [0.25, 0.3) is 0 Å². The Bertz CT molecular complexity index is 1510. The second-order valence-corrected chi connectivity index (χ2v) is 9.02. The Morgan fingerprint density at radius 1 is 0.829 bits per heavy atom. The van der Waals surface area contributed by atoms with Crippen molar-refractivity contribution in [2.75, 3.05) is 7.11 Å². The van der Waals surface area contributed by atoms with Crippen LogP contribution in [0.5, 0.6) is 11.5 Å². The molecule has 0 aromatic heterocycles. The fourth-order valence-electron chi connectivity index (χ4n) is 4.32. The number of carbonyl (C=O) groups is 1. The quantitative estimate of drug-likeness (QED) is 0.202. The molecule has 1 N–H and O–H groups in total. The maximum atomic E-state index is 15.0. The molecule has 0 aliphatic rings. The molecular formula is C30H22F7NO3. The lowest BCUT2D eigenvalue weighted by Gasteiger charge is -2.37. The summed E-state index contributed by atoms with van der Waals surface area (Å²) in [5.74, 6) is -4.54. The second kappa shape index (κ2) is 11.9. The number of benzene rings is 4. The minimum absolute atomic E-state index is 0.0185. The first-order valence-corrected chi connectivity index (χ1v) is 12.1. The van der Waals surface area contributed by atoms with Gasteiger partial charge in [-0.3, -0.25) is 4.79 Å². The molecule has 1 unspecified atom stereocenters. The molecule has 0 bridgehead atoms. The molecule has 0 fully saturated rings. The van der Waals surface area contributed by atoms with Gasteiger partial charge in [-0.15, -0.1) is 0 Å². The molecule has 214 valence electrons. The number of amides is 1. The van der Waals surface area contributed by atoms with E-state index in [-0.39, 0.29) is 28.9 Å². The number of hydrogen-bond acceptors (Lipinski definition) is 3. The first kappa shape index (κ1) is 29.4. The van der Waals surface area contributed by atoms with E-state index >= 15 is 0 Å². The zero-order valence-corrected chi connectivity index (χ0v) is 21.3. The Hall–Kier alpha value is -4.54. The molecule has 0 saturated carbocycles. The van der Waals surface area contributed by atoms with Crippen LogP contribution < -0.4 is 14.8 Å². The SMILES string of the molecule is COc1cc(C(Cc2ccccc2)(NC(=O)c2ccc(F)cc2)c2cc(F)cc(OC(F)(F)C(F)F)c2)ccc1F. The van der Waals surface area contributed by atoms with E-state index in [2.05, 4.69) is 10.1 Å². The van der Waals surface area contributed by atoms with Crippen molar-refractivity contribution < 1.29 is 45.0 Å². The van der Waals surface area contributed by atoms with Crippen molar-refractivity contribution in [3.63, 3.8) is 0 Å². The molecule has 4 rings (SSSR count). The van der Waals surface area contributed by atoms with Crippen molar-refractivity contribution in [2.24, 2.45) is 0 Å². The molecule has 4 aromatic rings. The highest BCUT2D eigenvalue weighted by atomic mass is 19.3. The maximum absolute atomic E-state index is 15.0. The molecule has 0 saturated heterocycles. The molecule has 0 spiro atoms. The number of carbonyl (C=O) groups excluding carboxylic acids is 1. The van der Waals surface area contributed by atoms with E-state index in [1.165, 1.54) is 31.4 Å². The summed E-state index contributed by atoms with van der Waals surface area (Å²) in [5.41, 5.74) is -1.40. The lowest BCUT2D eigenvalue weighted by molar-refractivity contribution is -0.253. The summed E-state index contributed by atoms with van der Waals surface area (Å²) in [7, 11) is 1.19. The van der Waals surface area contributed by atoms with Crippen molar-refractivity contribution in [3.8, 4) is 11.5 Å². The Kier molecular flexibility index (Phi) is 8.55. The van der Waals surface area contributed by atoms with Crippen LogP contribution in [0.3, 0.4) is 0 Å². The first-order chi connectivity index (χ1) is 19.4. The average molecular weight is 577 g/mol. The molecule has 4 aromatic carbocycles. The molecule has 1 amide bonds. The van der Waals surface area contributed by atoms with E-state index in [9.17, 15) is 35.5 Å². The smallest absolute Gasteiger partial charge is 0.461 e. The normalized spacial score (nSPS) is 13.0. The molecule has 11 heteroatoms. The van der Waals surface area contributed by atoms with Crippen LogP contribution in [0.1, 0.15) is 27.0 Å². The van der Waals surface area contributed by atoms with Gasteiger partial charge in [-0.2, -0.15) is 17.6 Å². The predicted octanol–water partition coefficient (Wildman–Crippen LogP) is 7.27. The third-order valence-electron chi connectivity index (χ3n) is 6.26. The van der Waals surface area contributed by atoms with Crippen molar-refractivity contribution in [1.82, 2.24) is 5.32 Å². The standard InChI is InChI=1S/C30H22F7NO3/c1-40-26-15-20(9-12-25(26)33)29(17-18-5-3-2-4-6-18,38-27(39)19-7-10-22(31)11-8-19)21-13-23(32)16-24(14-21)41-30(36,37)28(34)35/h2-16,28H,17H2,1H3,(H,38,39). The summed E-state index contributed by atoms with van der Waals surface area (Å²) in [6.07, 6.45) is -9.34. The second-order valence-electron chi connectivity index (χ2n) is 9.02. The third-order valence-corrected chi connectivity index (χ3v) is 6.26. The van der Waals surface area contributed by atoms with E-state index < -0.39 is 47.2 Å². The molecule has 0 heterocycles. The largest absolute Gasteiger partial charge is 0.494 e. The van der Waals surface area contributed by atoms with Crippen LogP contribution in [0.4, 0.5) is 30.7 Å². The molecule has 0 aliphatic heterocycles. The van der Waals surface area contributed by atoms with Gasteiger partial charge in [0.25, 0.3) is 5.91 Å². The molecule has 0 radical (unpaired) electrons. The number of methoxy groups -OCH3 is 1. The number of nitrogens with one attached hydrogen (secondary N) is 1. The number of alkyl halides is 4. The number of ether oxygens (including phenoxy) is 2. The molecule has 0 aliphatic carbocycles. The van der Waals surface area contributed by atoms with Crippen LogP contribution in [0, 0.1) is 17.5 Å². The lowest BCUT2D eigenvalue weighted by Crippen LogP contribution is -2.48. The summed E-state index contributed by atoms with van der Waals surface area (Å²) < 4.78 is 106. The number of halogens is 7. The Balaban J connectivity index is 1.98. The van der Waals surface area contributed by atoms with E-state index in [1.807, 2.05) is 0 Å². The van der Waals surface area contributed by atoms with Crippen LogP contribution in [0.15, 0.2) is 91.0 Å². The van der Waals surface area contributed by atoms with Crippen LogP contribution >= 0.6 is 0 Å².